The molecule has 0 bridgehead atoms. The zero-order valence-electron chi connectivity index (χ0n) is 8.69. The fraction of sp³-hybridized carbons (Fsp3) is 0.0833. The molecule has 2 aromatic heterocycles. The van der Waals surface area contributed by atoms with Crippen molar-refractivity contribution >= 4 is 0 Å². The predicted molar refractivity (Wildman–Crippen MR) is 59.7 cm³/mol. The first-order chi connectivity index (χ1) is 7.70. The molecule has 0 saturated heterocycles. The van der Waals surface area contributed by atoms with E-state index in [9.17, 15) is 4.79 Å². The van der Waals surface area contributed by atoms with Gasteiger partial charge in [0.25, 0.3) is 5.56 Å². The standard InChI is InChI=1S/C12H9N3O/c1-8-2-10(7-15-12(8)16)11-3-9(4-13)5-14-6-11/h2-3,5-7H,1H3,(H,15,16). The molecule has 4 heteroatoms. The minimum Gasteiger partial charge on any atom is -0.328 e. The SMILES string of the molecule is Cc1cc(-c2cncc(C#N)c2)c[nH]c1=O. The maximum Gasteiger partial charge on any atom is 0.250 e. The summed E-state index contributed by atoms with van der Waals surface area (Å²) in [6, 6.07) is 5.54. The van der Waals surface area contributed by atoms with Gasteiger partial charge in [-0.25, -0.2) is 0 Å². The van der Waals surface area contributed by atoms with Gasteiger partial charge in [-0.2, -0.15) is 5.26 Å². The molecule has 0 saturated carbocycles. The number of nitrogens with one attached hydrogen (secondary N) is 1. The maximum atomic E-state index is 11.2. The Morgan fingerprint density at radius 1 is 1.31 bits per heavy atom. The molecular formula is C12H9N3O. The van der Waals surface area contributed by atoms with E-state index < -0.39 is 0 Å². The summed E-state index contributed by atoms with van der Waals surface area (Å²) in [7, 11) is 0. The van der Waals surface area contributed by atoms with Gasteiger partial charge in [-0.3, -0.25) is 9.78 Å². The van der Waals surface area contributed by atoms with Crippen molar-refractivity contribution in [2.75, 3.05) is 0 Å². The number of H-pyrrole nitrogens is 1. The summed E-state index contributed by atoms with van der Waals surface area (Å²) >= 11 is 0. The Bertz CT molecular complexity index is 623. The number of rotatable bonds is 1. The van der Waals surface area contributed by atoms with E-state index in [1.807, 2.05) is 6.07 Å². The maximum absolute atomic E-state index is 11.2. The third-order valence-corrected chi connectivity index (χ3v) is 2.29. The molecular weight excluding hydrogens is 202 g/mol. The number of aryl methyl sites for hydroxylation is 1. The molecule has 0 aliphatic carbocycles. The van der Waals surface area contributed by atoms with Crippen LogP contribution >= 0.6 is 0 Å². The lowest BCUT2D eigenvalue weighted by molar-refractivity contribution is 1.18. The van der Waals surface area contributed by atoms with Crippen molar-refractivity contribution in [2.24, 2.45) is 0 Å². The van der Waals surface area contributed by atoms with E-state index in [1.165, 1.54) is 6.20 Å². The van der Waals surface area contributed by atoms with Gasteiger partial charge in [0.1, 0.15) is 6.07 Å². The van der Waals surface area contributed by atoms with Crippen LogP contribution in [0.15, 0.2) is 35.5 Å². The van der Waals surface area contributed by atoms with Crippen LogP contribution in [0, 0.1) is 18.3 Å². The zero-order valence-corrected chi connectivity index (χ0v) is 8.69. The molecule has 0 radical (unpaired) electrons. The number of hydrogen-bond donors (Lipinski definition) is 1. The highest BCUT2D eigenvalue weighted by atomic mass is 16.1. The lowest BCUT2D eigenvalue weighted by atomic mass is 10.1. The fourth-order valence-corrected chi connectivity index (χ4v) is 1.42. The molecule has 2 heterocycles. The van der Waals surface area contributed by atoms with Gasteiger partial charge in [-0.15, -0.1) is 0 Å². The second-order valence-electron chi connectivity index (χ2n) is 3.47. The summed E-state index contributed by atoms with van der Waals surface area (Å²) in [5, 5.41) is 8.76. The number of nitrogens with zero attached hydrogens (tertiary/aromatic N) is 2. The molecule has 0 spiro atoms. The molecule has 78 valence electrons. The average molecular weight is 211 g/mol. The monoisotopic (exact) mass is 211 g/mol. The second-order valence-corrected chi connectivity index (χ2v) is 3.47. The average Bonchev–Trinajstić information content (AvgIpc) is 2.33. The molecule has 1 N–H and O–H groups in total. The summed E-state index contributed by atoms with van der Waals surface area (Å²) < 4.78 is 0. The molecule has 0 fully saturated rings. The Hall–Kier alpha value is -2.41. The van der Waals surface area contributed by atoms with Crippen molar-refractivity contribution in [3.05, 3.63) is 52.2 Å². The normalized spacial score (nSPS) is 9.75. The first kappa shape index (κ1) is 10.1. The van der Waals surface area contributed by atoms with E-state index in [4.69, 9.17) is 5.26 Å². The van der Waals surface area contributed by atoms with Crippen molar-refractivity contribution in [1.82, 2.24) is 9.97 Å². The van der Waals surface area contributed by atoms with Crippen LogP contribution in [0.25, 0.3) is 11.1 Å². The van der Waals surface area contributed by atoms with Crippen LogP contribution < -0.4 is 5.56 Å². The Morgan fingerprint density at radius 3 is 2.81 bits per heavy atom. The van der Waals surface area contributed by atoms with E-state index in [0.29, 0.717) is 11.1 Å². The molecule has 0 atom stereocenters. The predicted octanol–water partition coefficient (Wildman–Crippen LogP) is 1.62. The highest BCUT2D eigenvalue weighted by Crippen LogP contribution is 2.17. The highest BCUT2D eigenvalue weighted by molar-refractivity contribution is 5.63. The van der Waals surface area contributed by atoms with Gasteiger partial charge in [0.05, 0.1) is 5.56 Å². The molecule has 16 heavy (non-hydrogen) atoms. The lowest BCUT2D eigenvalue weighted by Crippen LogP contribution is -2.07. The van der Waals surface area contributed by atoms with Gasteiger partial charge in [-0.1, -0.05) is 0 Å². The topological polar surface area (TPSA) is 69.5 Å². The molecule has 0 aromatic carbocycles. The van der Waals surface area contributed by atoms with Crippen molar-refractivity contribution < 1.29 is 0 Å². The Kier molecular flexibility index (Phi) is 2.52. The summed E-state index contributed by atoms with van der Waals surface area (Å²) in [6.07, 6.45) is 4.78. The Balaban J connectivity index is 2.55. The van der Waals surface area contributed by atoms with Gasteiger partial charge < -0.3 is 4.98 Å². The summed E-state index contributed by atoms with van der Waals surface area (Å²) in [5.74, 6) is 0. The van der Waals surface area contributed by atoms with E-state index in [-0.39, 0.29) is 5.56 Å². The largest absolute Gasteiger partial charge is 0.328 e. The van der Waals surface area contributed by atoms with Crippen LogP contribution in [0.4, 0.5) is 0 Å². The summed E-state index contributed by atoms with van der Waals surface area (Å²) in [4.78, 5) is 17.8. The first-order valence-corrected chi connectivity index (χ1v) is 4.75. The van der Waals surface area contributed by atoms with Crippen molar-refractivity contribution in [2.45, 2.75) is 6.92 Å². The second kappa shape index (κ2) is 3.99. The lowest BCUT2D eigenvalue weighted by Gasteiger charge is -2.01. The van der Waals surface area contributed by atoms with Crippen molar-refractivity contribution in [1.29, 1.82) is 5.26 Å². The van der Waals surface area contributed by atoms with Gasteiger partial charge in [0.2, 0.25) is 0 Å². The van der Waals surface area contributed by atoms with E-state index >= 15 is 0 Å². The van der Waals surface area contributed by atoms with Gasteiger partial charge in [0, 0.05) is 29.7 Å². The van der Waals surface area contributed by atoms with Crippen LogP contribution in [0.3, 0.4) is 0 Å². The van der Waals surface area contributed by atoms with Crippen LogP contribution in [0.1, 0.15) is 11.1 Å². The quantitative estimate of drug-likeness (QED) is 0.779. The van der Waals surface area contributed by atoms with Crippen LogP contribution in [-0.4, -0.2) is 9.97 Å². The summed E-state index contributed by atoms with van der Waals surface area (Å²) in [6.45, 7) is 1.74. The third-order valence-electron chi connectivity index (χ3n) is 2.29. The molecule has 2 rings (SSSR count). The first-order valence-electron chi connectivity index (χ1n) is 4.75. The zero-order chi connectivity index (χ0) is 11.5. The fourth-order valence-electron chi connectivity index (χ4n) is 1.42. The van der Waals surface area contributed by atoms with E-state index in [1.54, 1.807) is 31.5 Å². The minimum absolute atomic E-state index is 0.104. The smallest absolute Gasteiger partial charge is 0.250 e. The molecule has 2 aromatic rings. The van der Waals surface area contributed by atoms with Crippen LogP contribution in [-0.2, 0) is 0 Å². The van der Waals surface area contributed by atoms with Crippen LogP contribution in [0.5, 0.6) is 0 Å². The van der Waals surface area contributed by atoms with Gasteiger partial charge in [0.15, 0.2) is 0 Å². The van der Waals surface area contributed by atoms with Gasteiger partial charge >= 0.3 is 0 Å². The number of nitriles is 1. The number of hydrogen-bond acceptors (Lipinski definition) is 3. The Labute approximate surface area is 92.2 Å². The molecule has 0 aliphatic heterocycles. The van der Waals surface area contributed by atoms with Crippen molar-refractivity contribution in [3.8, 4) is 17.2 Å². The number of pyridine rings is 2. The molecule has 0 amide bonds. The minimum atomic E-state index is -0.104. The molecule has 4 nitrogen and oxygen atoms in total. The van der Waals surface area contributed by atoms with E-state index in [2.05, 4.69) is 9.97 Å². The Morgan fingerprint density at radius 2 is 2.12 bits per heavy atom. The van der Waals surface area contributed by atoms with Crippen LogP contribution in [0.2, 0.25) is 0 Å². The third kappa shape index (κ3) is 1.84. The van der Waals surface area contributed by atoms with E-state index in [0.717, 1.165) is 11.1 Å². The van der Waals surface area contributed by atoms with Gasteiger partial charge in [-0.05, 0) is 24.6 Å². The number of aromatic amines is 1. The molecule has 0 aliphatic rings. The van der Waals surface area contributed by atoms with Crippen molar-refractivity contribution in [3.63, 3.8) is 0 Å². The molecule has 0 unspecified atom stereocenters. The highest BCUT2D eigenvalue weighted by Gasteiger charge is 2.01. The number of aromatic nitrogens is 2. The summed E-state index contributed by atoms with van der Waals surface area (Å²) in [5.41, 5.74) is 2.70.